The zero-order valence-electron chi connectivity index (χ0n) is 41.2. The molecule has 11 rings (SSSR count). The van der Waals surface area contributed by atoms with Gasteiger partial charge < -0.3 is 34.5 Å². The van der Waals surface area contributed by atoms with Gasteiger partial charge in [0.2, 0.25) is 5.91 Å². The maximum atomic E-state index is 16.9. The number of pyridine rings is 1. The molecule has 4 saturated heterocycles. The van der Waals surface area contributed by atoms with Gasteiger partial charge in [-0.1, -0.05) is 17.7 Å². The molecule has 378 valence electrons. The number of β-amino-alcohol motifs (C(OH)–C–C–N with tert-alkyl or cyclic N) is 1. The molecule has 7 aliphatic rings. The minimum atomic E-state index is -0.928. The van der Waals surface area contributed by atoms with Gasteiger partial charge in [-0.05, 0) is 144 Å². The summed E-state index contributed by atoms with van der Waals surface area (Å²) in [6.07, 6.45) is 14.1. The van der Waals surface area contributed by atoms with Gasteiger partial charge in [-0.3, -0.25) is 24.8 Å². The molecule has 4 amide bonds. The van der Waals surface area contributed by atoms with Crippen molar-refractivity contribution in [2.45, 2.75) is 109 Å². The van der Waals surface area contributed by atoms with Gasteiger partial charge in [-0.25, -0.2) is 9.18 Å². The molecule has 2 aromatic heterocycles. The molecule has 3 N–H and O–H groups in total. The molecule has 3 aliphatic carbocycles. The number of hydrogen-bond donors (Lipinski definition) is 3. The molecule has 4 aromatic rings. The van der Waals surface area contributed by atoms with E-state index in [-0.39, 0.29) is 52.5 Å². The molecule has 0 unspecified atom stereocenters. The molecule has 15 nitrogen and oxygen atoms in total. The molecule has 6 heterocycles. The number of piperazine rings is 1. The summed E-state index contributed by atoms with van der Waals surface area (Å²) in [5.41, 5.74) is 2.93. The molecular weight excluding hydrogens is 925 g/mol. The van der Waals surface area contributed by atoms with Crippen LogP contribution >= 0.6 is 11.6 Å². The lowest BCUT2D eigenvalue weighted by Gasteiger charge is -2.47. The average molecular weight is 993 g/mol. The Kier molecular flexibility index (Phi) is 12.9. The Labute approximate surface area is 420 Å². The predicted octanol–water partition coefficient (Wildman–Crippen LogP) is 8.06. The number of hydrogen-bond acceptors (Lipinski definition) is 12. The Morgan fingerprint density at radius 3 is 2.37 bits per heavy atom. The van der Waals surface area contributed by atoms with Crippen LogP contribution in [-0.2, 0) is 4.79 Å². The molecule has 7 fully saturated rings. The molecule has 4 aliphatic heterocycles. The first-order chi connectivity index (χ1) is 34.1. The maximum absolute atomic E-state index is 16.9. The minimum Gasteiger partial charge on any atom is -0.508 e. The summed E-state index contributed by atoms with van der Waals surface area (Å²) in [6, 6.07) is 8.25. The highest BCUT2D eigenvalue weighted by atomic mass is 35.5. The van der Waals surface area contributed by atoms with Crippen LogP contribution < -0.4 is 19.9 Å². The van der Waals surface area contributed by atoms with Gasteiger partial charge in [0.25, 0.3) is 5.91 Å². The van der Waals surface area contributed by atoms with Crippen molar-refractivity contribution in [2.75, 3.05) is 88.4 Å². The highest BCUT2D eigenvalue weighted by Crippen LogP contribution is 2.51. The topological polar surface area (TPSA) is 168 Å². The first-order valence-electron chi connectivity index (χ1n) is 26.1. The van der Waals surface area contributed by atoms with E-state index < -0.39 is 17.4 Å². The van der Waals surface area contributed by atoms with Crippen LogP contribution in [0.1, 0.15) is 118 Å². The van der Waals surface area contributed by atoms with Crippen LogP contribution in [-0.4, -0.2) is 142 Å². The lowest BCUT2D eigenvalue weighted by molar-refractivity contribution is -0.120. The van der Waals surface area contributed by atoms with Crippen LogP contribution in [0.25, 0.3) is 22.2 Å². The van der Waals surface area contributed by atoms with Crippen molar-refractivity contribution in [1.82, 2.24) is 35.0 Å². The van der Waals surface area contributed by atoms with E-state index in [0.717, 1.165) is 108 Å². The second-order valence-electron chi connectivity index (χ2n) is 22.6. The number of aryl methyl sites for hydroxylation is 1. The number of halogens is 2. The number of ether oxygens (including phenoxy) is 1. The first-order valence-corrected chi connectivity index (χ1v) is 26.5. The van der Waals surface area contributed by atoms with E-state index in [1.165, 1.54) is 37.8 Å². The van der Waals surface area contributed by atoms with Gasteiger partial charge in [0.1, 0.15) is 22.8 Å². The number of piperidine rings is 2. The third kappa shape index (κ3) is 10.1. The van der Waals surface area contributed by atoms with Crippen molar-refractivity contribution in [2.24, 2.45) is 16.7 Å². The number of phenols is 1. The van der Waals surface area contributed by atoms with E-state index in [9.17, 15) is 24.6 Å². The number of aromatic hydroxyl groups is 1. The highest BCUT2D eigenvalue weighted by Gasteiger charge is 2.46. The highest BCUT2D eigenvalue weighted by molar-refractivity contribution is 6.32. The Morgan fingerprint density at radius 1 is 0.915 bits per heavy atom. The van der Waals surface area contributed by atoms with E-state index in [2.05, 4.69) is 20.1 Å². The van der Waals surface area contributed by atoms with E-state index >= 15 is 4.39 Å². The van der Waals surface area contributed by atoms with Gasteiger partial charge in [0.05, 0.1) is 17.6 Å². The number of carbonyl (C=O) groups excluding carboxylic acids is 3. The number of imide groups is 1. The lowest BCUT2D eigenvalue weighted by Crippen LogP contribution is -2.50. The monoisotopic (exact) mass is 991 g/mol. The van der Waals surface area contributed by atoms with Gasteiger partial charge >= 0.3 is 12.0 Å². The van der Waals surface area contributed by atoms with Crippen LogP contribution in [0, 0.1) is 29.5 Å². The van der Waals surface area contributed by atoms with Crippen molar-refractivity contribution in [3.05, 3.63) is 64.1 Å². The summed E-state index contributed by atoms with van der Waals surface area (Å²) in [5.74, 6) is 0.414. The zero-order valence-corrected chi connectivity index (χ0v) is 41.9. The van der Waals surface area contributed by atoms with Gasteiger partial charge in [0, 0.05) is 112 Å². The van der Waals surface area contributed by atoms with Gasteiger partial charge in [0.15, 0.2) is 5.82 Å². The second kappa shape index (κ2) is 19.0. The summed E-state index contributed by atoms with van der Waals surface area (Å²) in [6.45, 7) is 13.1. The van der Waals surface area contributed by atoms with Crippen LogP contribution in [0.3, 0.4) is 0 Å². The van der Waals surface area contributed by atoms with Crippen LogP contribution in [0.5, 0.6) is 11.8 Å². The smallest absolute Gasteiger partial charge is 0.328 e. The third-order valence-corrected chi connectivity index (χ3v) is 17.4. The van der Waals surface area contributed by atoms with Crippen molar-refractivity contribution >= 4 is 51.9 Å². The van der Waals surface area contributed by atoms with Crippen molar-refractivity contribution in [1.29, 1.82) is 0 Å². The molecule has 1 atom stereocenters. The number of nitrogens with zero attached hydrogens (tertiary/aromatic N) is 8. The Morgan fingerprint density at radius 2 is 1.66 bits per heavy atom. The molecule has 17 heteroatoms. The van der Waals surface area contributed by atoms with Gasteiger partial charge in [-0.15, -0.1) is 0 Å². The van der Waals surface area contributed by atoms with E-state index in [1.807, 2.05) is 41.8 Å². The fourth-order valence-corrected chi connectivity index (χ4v) is 12.7. The number of aliphatic hydroxyl groups is 1. The summed E-state index contributed by atoms with van der Waals surface area (Å²) < 4.78 is 23.4. The molecule has 2 aromatic carbocycles. The lowest BCUT2D eigenvalue weighted by atomic mass is 9.65. The second-order valence-corrected chi connectivity index (χ2v) is 23.0. The van der Waals surface area contributed by atoms with Crippen molar-refractivity contribution in [3.63, 3.8) is 0 Å². The van der Waals surface area contributed by atoms with E-state index in [1.54, 1.807) is 11.1 Å². The molecule has 3 saturated carbocycles. The Hall–Kier alpha value is -5.16. The summed E-state index contributed by atoms with van der Waals surface area (Å²) in [5, 5.41) is 24.8. The normalized spacial score (nSPS) is 24.2. The van der Waals surface area contributed by atoms with Crippen LogP contribution in [0.2, 0.25) is 5.02 Å². The molecule has 0 bridgehead atoms. The quantitative estimate of drug-likeness (QED) is 0.125. The number of aromatic nitrogens is 3. The number of phenolic OH excluding ortho intramolecular Hbond substituents is 1. The number of nitrogens with one attached hydrogen (secondary N) is 1. The van der Waals surface area contributed by atoms with Crippen molar-refractivity contribution in [3.8, 4) is 23.0 Å². The van der Waals surface area contributed by atoms with Crippen LogP contribution in [0.15, 0.2) is 36.5 Å². The summed E-state index contributed by atoms with van der Waals surface area (Å²) >= 11 is 6.63. The molecule has 71 heavy (non-hydrogen) atoms. The number of likely N-dealkylation sites (tertiary alicyclic amines) is 1. The summed E-state index contributed by atoms with van der Waals surface area (Å²) in [4.78, 5) is 63.0. The summed E-state index contributed by atoms with van der Waals surface area (Å²) in [7, 11) is 0. The number of urea groups is 1. The largest absolute Gasteiger partial charge is 0.508 e. The minimum absolute atomic E-state index is 0.00425. The number of rotatable bonds is 12. The Balaban J connectivity index is 0.679. The number of carbonyl (C=O) groups is 3. The average Bonchev–Trinajstić information content (AvgIpc) is 4.30. The third-order valence-electron chi connectivity index (χ3n) is 17.1. The van der Waals surface area contributed by atoms with E-state index in [0.29, 0.717) is 77.0 Å². The fraction of sp³-hybridized carbons (Fsp3) is 0.593. The number of anilines is 2. The zero-order chi connectivity index (χ0) is 49.2. The molecule has 1 spiro atoms. The number of fused-ring (bicyclic) bond motifs is 1. The predicted molar refractivity (Wildman–Crippen MR) is 270 cm³/mol. The first kappa shape index (κ1) is 48.1. The van der Waals surface area contributed by atoms with Crippen molar-refractivity contribution < 1.29 is 33.7 Å². The van der Waals surface area contributed by atoms with Crippen LogP contribution in [0.4, 0.5) is 20.7 Å². The fourth-order valence-electron chi connectivity index (χ4n) is 12.4. The molecule has 0 radical (unpaired) electrons. The number of benzene rings is 2. The number of amides is 4. The standard InChI is InChI=1S/C54H67ClFN9O6/c1-34-4-5-37(26-42(34)65-19-10-43(67)58-51(65)69)49(68)63-20-16-53(17-21-63)12-8-35(9-13-53)30-61-22-24-62(25-23-61)32-54(14-15-54)33-71-50-59-47-40(48(60-50)64-18-3-11-52(2,70)31-64)29-57-46(45(47)56)39-27-38(66)28-41(55)44(39)36-6-7-36/h4-5,26-29,35-36,66,70H,3,6-25,30-33H2,1-2H3,(H,58,67,69)/t52-/m1/s1. The SMILES string of the molecule is Cc1ccc(C(=O)N2CCC3(CCC(CN4CCN(CC5(COc6nc(N7CCC[C@@](C)(O)C7)c7cnc(-c8cc(O)cc(Cl)c8C8CC8)c(F)c7n6)CC5)CC4)CC3)CC2)cc1N1CCC(=O)NC1=O. The molecular formula is C54H67ClFN9O6. The Bertz CT molecular complexity index is 2720. The van der Waals surface area contributed by atoms with E-state index in [4.69, 9.17) is 26.3 Å². The van der Waals surface area contributed by atoms with Gasteiger partial charge in [-0.2, -0.15) is 9.97 Å². The maximum Gasteiger partial charge on any atom is 0.328 e.